The SMILES string of the molecule is CC(C)n1nc(O[C@@H]2O[C@H](COC(=O)C(C)(C)C)[C@@H](OC(=O)C(C)(C)C)[C@H](OC(=O)C(C)(C)C)[C@H]2OC(=O)C(C)(C)C)c2c(Br)cccc21. The summed E-state index contributed by atoms with van der Waals surface area (Å²) in [6.07, 6.45) is -6.94. The molecular weight excluding hydrogens is 700 g/mol. The van der Waals surface area contributed by atoms with Crippen LogP contribution in [0.1, 0.15) is 103 Å². The predicted octanol–water partition coefficient (Wildman–Crippen LogP) is 6.95. The van der Waals surface area contributed by atoms with Gasteiger partial charge in [-0.15, -0.1) is 5.10 Å². The first kappa shape index (κ1) is 40.2. The molecule has 0 saturated carbocycles. The van der Waals surface area contributed by atoms with Gasteiger partial charge in [-0.25, -0.2) is 0 Å². The molecule has 0 spiro atoms. The van der Waals surface area contributed by atoms with E-state index in [-0.39, 0.29) is 11.9 Å². The number of fused-ring (bicyclic) bond motifs is 1. The zero-order chi connectivity index (χ0) is 37.4. The van der Waals surface area contributed by atoms with Gasteiger partial charge in [0.2, 0.25) is 18.3 Å². The Morgan fingerprint density at radius 3 is 1.69 bits per heavy atom. The number of esters is 4. The van der Waals surface area contributed by atoms with E-state index >= 15 is 0 Å². The molecule has 1 saturated heterocycles. The Hall–Kier alpha value is -3.19. The van der Waals surface area contributed by atoms with Gasteiger partial charge in [-0.2, -0.15) is 0 Å². The summed E-state index contributed by atoms with van der Waals surface area (Å²) >= 11 is 3.61. The molecule has 2 aromatic rings. The van der Waals surface area contributed by atoms with Gasteiger partial charge in [0.15, 0.2) is 12.2 Å². The van der Waals surface area contributed by atoms with Crippen molar-refractivity contribution >= 4 is 50.7 Å². The van der Waals surface area contributed by atoms with Crippen LogP contribution in [0.25, 0.3) is 10.9 Å². The fourth-order valence-electron chi connectivity index (χ4n) is 4.49. The standard InChI is InChI=1S/C36H53BrN2O10/c1-19(2)39-21-17-15-16-20(37)23(21)27(38-39)49-28-26(48-32(43)36(12,13)14)25(47-31(42)35(9,10)11)24(46-30(41)34(6,7)8)22(45-28)18-44-29(40)33(3,4)5/h15-17,19,22,24-26,28H,18H2,1-14H3/t22-,24-,25+,26-,28+/m1/s1. The highest BCUT2D eigenvalue weighted by atomic mass is 79.9. The van der Waals surface area contributed by atoms with E-state index in [1.807, 2.05) is 32.0 Å². The Morgan fingerprint density at radius 1 is 0.755 bits per heavy atom. The van der Waals surface area contributed by atoms with E-state index in [1.54, 1.807) is 87.8 Å². The molecule has 5 atom stereocenters. The first-order valence-corrected chi connectivity index (χ1v) is 17.3. The van der Waals surface area contributed by atoms with Crippen LogP contribution in [-0.4, -0.2) is 71.0 Å². The average molecular weight is 754 g/mol. The van der Waals surface area contributed by atoms with E-state index in [0.29, 0.717) is 9.86 Å². The quantitative estimate of drug-likeness (QED) is 0.204. The zero-order valence-corrected chi connectivity index (χ0v) is 32.8. The molecule has 3 rings (SSSR count). The van der Waals surface area contributed by atoms with Crippen molar-refractivity contribution in [3.8, 4) is 5.88 Å². The largest absolute Gasteiger partial charge is 0.462 e. The third kappa shape index (κ3) is 9.74. The lowest BCUT2D eigenvalue weighted by Crippen LogP contribution is -2.65. The Balaban J connectivity index is 2.27. The molecule has 13 heteroatoms. The molecule has 12 nitrogen and oxygen atoms in total. The number of hydrogen-bond acceptors (Lipinski definition) is 11. The van der Waals surface area contributed by atoms with Crippen molar-refractivity contribution in [2.75, 3.05) is 6.61 Å². The van der Waals surface area contributed by atoms with Crippen molar-refractivity contribution in [3.63, 3.8) is 0 Å². The molecule has 0 N–H and O–H groups in total. The Morgan fingerprint density at radius 2 is 1.22 bits per heavy atom. The van der Waals surface area contributed by atoms with Gasteiger partial charge >= 0.3 is 23.9 Å². The van der Waals surface area contributed by atoms with Gasteiger partial charge in [-0.1, -0.05) is 6.07 Å². The summed E-state index contributed by atoms with van der Waals surface area (Å²) < 4.78 is 39.3. The number of halogens is 1. The summed E-state index contributed by atoms with van der Waals surface area (Å²) in [5.41, 5.74) is -3.07. The maximum Gasteiger partial charge on any atom is 0.311 e. The van der Waals surface area contributed by atoms with Crippen LogP contribution in [0.4, 0.5) is 0 Å². The van der Waals surface area contributed by atoms with E-state index in [2.05, 4.69) is 15.9 Å². The fourth-order valence-corrected chi connectivity index (χ4v) is 5.01. The molecule has 1 aromatic carbocycles. The molecule has 1 fully saturated rings. The minimum Gasteiger partial charge on any atom is -0.462 e. The molecule has 0 bridgehead atoms. The molecule has 1 aliphatic rings. The van der Waals surface area contributed by atoms with Crippen molar-refractivity contribution < 1.29 is 47.6 Å². The van der Waals surface area contributed by atoms with Crippen LogP contribution in [0.5, 0.6) is 5.88 Å². The number of rotatable bonds is 8. The number of carbonyl (C=O) groups is 4. The lowest BCUT2D eigenvalue weighted by atomic mass is 9.93. The number of carbonyl (C=O) groups excluding carboxylic acids is 4. The molecule has 1 aromatic heterocycles. The summed E-state index contributed by atoms with van der Waals surface area (Å²) in [6.45, 7) is 23.7. The normalized spacial score (nSPS) is 22.1. The lowest BCUT2D eigenvalue weighted by Gasteiger charge is -2.45. The molecule has 0 amide bonds. The average Bonchev–Trinajstić information content (AvgIpc) is 3.32. The first-order valence-electron chi connectivity index (χ1n) is 16.5. The van der Waals surface area contributed by atoms with E-state index in [0.717, 1.165) is 5.52 Å². The molecule has 1 aliphatic heterocycles. The topological polar surface area (TPSA) is 141 Å². The van der Waals surface area contributed by atoms with Crippen LogP contribution in [0.2, 0.25) is 0 Å². The van der Waals surface area contributed by atoms with Crippen LogP contribution in [0, 0.1) is 21.7 Å². The Bertz CT molecular complexity index is 1540. The number of ether oxygens (including phenoxy) is 6. The van der Waals surface area contributed by atoms with Gasteiger partial charge in [0, 0.05) is 10.5 Å². The monoisotopic (exact) mass is 752 g/mol. The van der Waals surface area contributed by atoms with Gasteiger partial charge in [0.05, 0.1) is 32.6 Å². The van der Waals surface area contributed by atoms with E-state index in [4.69, 9.17) is 33.5 Å². The molecule has 0 aliphatic carbocycles. The number of aromatic nitrogens is 2. The van der Waals surface area contributed by atoms with Gasteiger partial charge in [0.1, 0.15) is 12.7 Å². The van der Waals surface area contributed by atoms with E-state index < -0.39 is 82.8 Å². The molecular formula is C36H53BrN2O10. The minimum absolute atomic E-state index is 0.0535. The van der Waals surface area contributed by atoms with Crippen molar-refractivity contribution in [1.29, 1.82) is 0 Å². The minimum atomic E-state index is -1.46. The number of hydrogen-bond donors (Lipinski definition) is 0. The van der Waals surface area contributed by atoms with Crippen LogP contribution < -0.4 is 4.74 Å². The number of benzene rings is 1. The molecule has 274 valence electrons. The summed E-state index contributed by atoms with van der Waals surface area (Å²) in [6, 6.07) is 5.55. The Labute approximate surface area is 297 Å². The van der Waals surface area contributed by atoms with Gasteiger partial charge in [-0.3, -0.25) is 23.9 Å². The molecule has 0 unspecified atom stereocenters. The summed E-state index contributed by atoms with van der Waals surface area (Å²) in [5.74, 6) is -2.34. The summed E-state index contributed by atoms with van der Waals surface area (Å²) in [4.78, 5) is 53.5. The fraction of sp³-hybridized carbons (Fsp3) is 0.694. The zero-order valence-electron chi connectivity index (χ0n) is 31.3. The van der Waals surface area contributed by atoms with Crippen LogP contribution >= 0.6 is 15.9 Å². The second-order valence-electron chi connectivity index (χ2n) is 16.8. The molecule has 2 heterocycles. The highest BCUT2D eigenvalue weighted by Crippen LogP contribution is 2.38. The third-order valence-electron chi connectivity index (χ3n) is 7.52. The van der Waals surface area contributed by atoms with Crippen molar-refractivity contribution in [2.24, 2.45) is 21.7 Å². The van der Waals surface area contributed by atoms with Crippen molar-refractivity contribution in [3.05, 3.63) is 22.7 Å². The van der Waals surface area contributed by atoms with E-state index in [9.17, 15) is 19.2 Å². The predicted molar refractivity (Wildman–Crippen MR) is 186 cm³/mol. The van der Waals surface area contributed by atoms with Crippen molar-refractivity contribution in [1.82, 2.24) is 9.78 Å². The van der Waals surface area contributed by atoms with Crippen LogP contribution in [0.15, 0.2) is 22.7 Å². The Kier molecular flexibility index (Phi) is 12.0. The second-order valence-corrected chi connectivity index (χ2v) is 17.7. The number of nitrogens with zero attached hydrogens (tertiary/aromatic N) is 2. The maximum atomic E-state index is 13.6. The third-order valence-corrected chi connectivity index (χ3v) is 8.18. The lowest BCUT2D eigenvalue weighted by molar-refractivity contribution is -0.294. The maximum absolute atomic E-state index is 13.6. The second kappa shape index (κ2) is 14.6. The van der Waals surface area contributed by atoms with Crippen LogP contribution in [0.3, 0.4) is 0 Å². The van der Waals surface area contributed by atoms with Gasteiger partial charge in [-0.05, 0) is 125 Å². The van der Waals surface area contributed by atoms with Crippen LogP contribution in [-0.2, 0) is 42.9 Å². The first-order chi connectivity index (χ1) is 22.2. The van der Waals surface area contributed by atoms with Gasteiger partial charge < -0.3 is 28.4 Å². The van der Waals surface area contributed by atoms with Crippen molar-refractivity contribution in [2.45, 2.75) is 134 Å². The highest BCUT2D eigenvalue weighted by Gasteiger charge is 2.56. The molecule has 49 heavy (non-hydrogen) atoms. The smallest absolute Gasteiger partial charge is 0.311 e. The summed E-state index contributed by atoms with van der Waals surface area (Å²) in [5, 5.41) is 5.35. The highest BCUT2D eigenvalue weighted by molar-refractivity contribution is 9.10. The van der Waals surface area contributed by atoms with Gasteiger partial charge in [0.25, 0.3) is 0 Å². The molecule has 0 radical (unpaired) electrons. The summed E-state index contributed by atoms with van der Waals surface area (Å²) in [7, 11) is 0. The van der Waals surface area contributed by atoms with E-state index in [1.165, 1.54) is 0 Å².